The summed E-state index contributed by atoms with van der Waals surface area (Å²) < 4.78 is 25.2. The molecule has 140 valence electrons. The number of amides is 1. The van der Waals surface area contributed by atoms with E-state index < -0.39 is 9.84 Å². The van der Waals surface area contributed by atoms with Crippen LogP contribution in [0.5, 0.6) is 0 Å². The number of hydrogen-bond acceptors (Lipinski definition) is 6. The highest BCUT2D eigenvalue weighted by atomic mass is 32.2. The first-order valence-corrected chi connectivity index (χ1v) is 11.1. The van der Waals surface area contributed by atoms with Crippen molar-refractivity contribution >= 4 is 27.5 Å². The van der Waals surface area contributed by atoms with Gasteiger partial charge < -0.3 is 9.47 Å². The number of carbonyl (C=O) groups excluding carboxylic acids is 1. The summed E-state index contributed by atoms with van der Waals surface area (Å²) >= 11 is 1.33. The summed E-state index contributed by atoms with van der Waals surface area (Å²) in [6, 6.07) is 9.49. The van der Waals surface area contributed by atoms with Gasteiger partial charge in [0.25, 0.3) is 0 Å². The molecule has 0 unspecified atom stereocenters. The fourth-order valence-electron chi connectivity index (χ4n) is 3.01. The van der Waals surface area contributed by atoms with E-state index in [1.807, 2.05) is 48.9 Å². The summed E-state index contributed by atoms with van der Waals surface area (Å²) in [5.41, 5.74) is 0.960. The lowest BCUT2D eigenvalue weighted by atomic mass is 10.2. The van der Waals surface area contributed by atoms with Crippen LogP contribution in [0.4, 0.5) is 0 Å². The van der Waals surface area contributed by atoms with Crippen LogP contribution in [0.1, 0.15) is 13.3 Å². The van der Waals surface area contributed by atoms with Crippen LogP contribution in [0, 0.1) is 0 Å². The Kier molecular flexibility index (Phi) is 5.38. The first-order chi connectivity index (χ1) is 12.3. The number of nitrogens with zero attached hydrogens (tertiary/aromatic N) is 4. The summed E-state index contributed by atoms with van der Waals surface area (Å²) in [6.07, 6.45) is 0.504. The van der Waals surface area contributed by atoms with Gasteiger partial charge in [0.2, 0.25) is 5.91 Å². The highest BCUT2D eigenvalue weighted by molar-refractivity contribution is 8.00. The minimum absolute atomic E-state index is 0.0503. The molecule has 2 aromatic rings. The summed E-state index contributed by atoms with van der Waals surface area (Å²) in [6.45, 7) is 1.81. The zero-order chi connectivity index (χ0) is 18.9. The standard InChI is InChI=1S/C17H22N4O3S2/c1-12(16(22)20(2)14-9-10-26(23,24)11-14)25-17-19-18-15(21(17)3)13-7-5-4-6-8-13/h4-8,12,14H,9-11H2,1-3H3/t12-,14+/m0/s1. The van der Waals surface area contributed by atoms with E-state index in [4.69, 9.17) is 0 Å². The molecule has 0 N–H and O–H groups in total. The molecule has 1 aromatic heterocycles. The van der Waals surface area contributed by atoms with Gasteiger partial charge in [-0.2, -0.15) is 0 Å². The van der Waals surface area contributed by atoms with Crippen LogP contribution < -0.4 is 0 Å². The third-order valence-electron chi connectivity index (χ3n) is 4.60. The maximum atomic E-state index is 12.7. The number of hydrogen-bond donors (Lipinski definition) is 0. The molecule has 0 aliphatic carbocycles. The second kappa shape index (κ2) is 7.40. The second-order valence-corrected chi connectivity index (χ2v) is 10.0. The molecule has 1 fully saturated rings. The average Bonchev–Trinajstić information content (AvgIpc) is 3.17. The van der Waals surface area contributed by atoms with Crippen molar-refractivity contribution in [3.63, 3.8) is 0 Å². The molecule has 1 aromatic carbocycles. The summed E-state index contributed by atoms with van der Waals surface area (Å²) in [5, 5.41) is 8.70. The van der Waals surface area contributed by atoms with Crippen molar-refractivity contribution in [2.24, 2.45) is 7.05 Å². The molecule has 26 heavy (non-hydrogen) atoms. The van der Waals surface area contributed by atoms with Crippen LogP contribution >= 0.6 is 11.8 Å². The smallest absolute Gasteiger partial charge is 0.235 e. The van der Waals surface area contributed by atoms with Gasteiger partial charge in [-0.3, -0.25) is 4.79 Å². The maximum absolute atomic E-state index is 12.7. The average molecular weight is 395 g/mol. The Morgan fingerprint density at radius 3 is 2.62 bits per heavy atom. The summed E-state index contributed by atoms with van der Waals surface area (Å²) in [4.78, 5) is 14.3. The molecule has 1 aliphatic heterocycles. The number of thioether (sulfide) groups is 1. The van der Waals surface area contributed by atoms with Gasteiger partial charge in [0.15, 0.2) is 20.8 Å². The Balaban J connectivity index is 1.69. The van der Waals surface area contributed by atoms with Gasteiger partial charge in [-0.05, 0) is 13.3 Å². The van der Waals surface area contributed by atoms with Crippen LogP contribution in [0.25, 0.3) is 11.4 Å². The van der Waals surface area contributed by atoms with Crippen molar-refractivity contribution in [2.75, 3.05) is 18.6 Å². The monoisotopic (exact) mass is 394 g/mol. The zero-order valence-corrected chi connectivity index (χ0v) is 16.6. The van der Waals surface area contributed by atoms with Crippen molar-refractivity contribution < 1.29 is 13.2 Å². The van der Waals surface area contributed by atoms with Gasteiger partial charge in [-0.1, -0.05) is 42.1 Å². The topological polar surface area (TPSA) is 85.2 Å². The van der Waals surface area contributed by atoms with Crippen molar-refractivity contribution in [2.45, 2.75) is 29.8 Å². The molecule has 3 rings (SSSR count). The normalized spacial score (nSPS) is 20.0. The number of carbonyl (C=O) groups is 1. The molecule has 2 atom stereocenters. The highest BCUT2D eigenvalue weighted by Crippen LogP contribution is 2.27. The van der Waals surface area contributed by atoms with Crippen LogP contribution in [0.2, 0.25) is 0 Å². The van der Waals surface area contributed by atoms with E-state index in [9.17, 15) is 13.2 Å². The van der Waals surface area contributed by atoms with Crippen molar-refractivity contribution in [1.29, 1.82) is 0 Å². The summed E-state index contributed by atoms with van der Waals surface area (Å²) in [5.74, 6) is 0.847. The van der Waals surface area contributed by atoms with Gasteiger partial charge in [-0.25, -0.2) is 8.42 Å². The number of rotatable bonds is 5. The molecular formula is C17H22N4O3S2. The van der Waals surface area contributed by atoms with Gasteiger partial charge in [0.1, 0.15) is 0 Å². The quantitative estimate of drug-likeness (QED) is 0.716. The lowest BCUT2D eigenvalue weighted by Crippen LogP contribution is -2.41. The number of benzene rings is 1. The van der Waals surface area contributed by atoms with Crippen LogP contribution in [0.15, 0.2) is 35.5 Å². The first-order valence-electron chi connectivity index (χ1n) is 8.37. The molecule has 0 radical (unpaired) electrons. The second-order valence-electron chi connectivity index (χ2n) is 6.50. The molecule has 0 bridgehead atoms. The van der Waals surface area contributed by atoms with E-state index in [1.165, 1.54) is 11.8 Å². The van der Waals surface area contributed by atoms with Gasteiger partial charge >= 0.3 is 0 Å². The van der Waals surface area contributed by atoms with Crippen molar-refractivity contribution in [1.82, 2.24) is 19.7 Å². The number of sulfone groups is 1. The van der Waals surface area contributed by atoms with Gasteiger partial charge in [0, 0.05) is 25.7 Å². The Morgan fingerprint density at radius 1 is 1.31 bits per heavy atom. The fourth-order valence-corrected chi connectivity index (χ4v) is 5.70. The molecule has 2 heterocycles. The Labute approximate surface area is 157 Å². The predicted molar refractivity (Wildman–Crippen MR) is 102 cm³/mol. The predicted octanol–water partition coefficient (Wildman–Crippen LogP) is 1.61. The third-order valence-corrected chi connectivity index (χ3v) is 7.47. The van der Waals surface area contributed by atoms with E-state index in [2.05, 4.69) is 10.2 Å². The Hall–Kier alpha value is -1.87. The SMILES string of the molecule is C[C@H](Sc1nnc(-c2ccccc2)n1C)C(=O)N(C)[C@@H]1CCS(=O)(=O)C1. The zero-order valence-electron chi connectivity index (χ0n) is 15.0. The van der Waals surface area contributed by atoms with Crippen molar-refractivity contribution in [3.05, 3.63) is 30.3 Å². The Bertz CT molecular complexity index is 896. The van der Waals surface area contributed by atoms with E-state index in [1.54, 1.807) is 11.9 Å². The van der Waals surface area contributed by atoms with Crippen LogP contribution in [0.3, 0.4) is 0 Å². The molecule has 1 aliphatic rings. The van der Waals surface area contributed by atoms with E-state index in [0.29, 0.717) is 11.6 Å². The number of aromatic nitrogens is 3. The van der Waals surface area contributed by atoms with E-state index in [-0.39, 0.29) is 28.7 Å². The molecule has 0 saturated carbocycles. The van der Waals surface area contributed by atoms with Crippen LogP contribution in [-0.2, 0) is 21.7 Å². The molecule has 1 amide bonds. The molecular weight excluding hydrogens is 372 g/mol. The first kappa shape index (κ1) is 18.9. The maximum Gasteiger partial charge on any atom is 0.235 e. The van der Waals surface area contributed by atoms with E-state index >= 15 is 0 Å². The minimum Gasteiger partial charge on any atom is -0.341 e. The van der Waals surface area contributed by atoms with Gasteiger partial charge in [-0.15, -0.1) is 10.2 Å². The minimum atomic E-state index is -3.02. The lowest BCUT2D eigenvalue weighted by molar-refractivity contribution is -0.130. The molecule has 9 heteroatoms. The molecule has 7 nitrogen and oxygen atoms in total. The van der Waals surface area contributed by atoms with E-state index in [0.717, 1.165) is 11.4 Å². The third kappa shape index (κ3) is 3.93. The highest BCUT2D eigenvalue weighted by Gasteiger charge is 2.34. The Morgan fingerprint density at radius 2 is 2.00 bits per heavy atom. The largest absolute Gasteiger partial charge is 0.341 e. The summed E-state index contributed by atoms with van der Waals surface area (Å²) in [7, 11) is 0.528. The van der Waals surface area contributed by atoms with Crippen molar-refractivity contribution in [3.8, 4) is 11.4 Å². The van der Waals surface area contributed by atoms with Gasteiger partial charge in [0.05, 0.1) is 16.8 Å². The lowest BCUT2D eigenvalue weighted by Gasteiger charge is -2.26. The molecule has 1 saturated heterocycles. The van der Waals surface area contributed by atoms with Crippen LogP contribution in [-0.4, -0.2) is 63.8 Å². The molecule has 0 spiro atoms. The fraction of sp³-hybridized carbons (Fsp3) is 0.471.